The van der Waals surface area contributed by atoms with Gasteiger partial charge in [0, 0.05) is 0 Å². The molecule has 0 spiro atoms. The van der Waals surface area contributed by atoms with E-state index < -0.39 is 10.0 Å². The molecule has 0 fully saturated rings. The lowest BCUT2D eigenvalue weighted by Gasteiger charge is -2.30. The van der Waals surface area contributed by atoms with Crippen LogP contribution in [-0.4, -0.2) is 8.42 Å². The SMILES string of the molecule is Cc1ccc(S(=O)(=O)N[C@@H]2c3c(C)ccc(C)c3C=C[C@@H]2C)cc1. The second-order valence-electron chi connectivity index (χ2n) is 6.66. The van der Waals surface area contributed by atoms with Gasteiger partial charge in [-0.25, -0.2) is 13.1 Å². The van der Waals surface area contributed by atoms with Crippen molar-refractivity contribution in [1.29, 1.82) is 0 Å². The maximum absolute atomic E-state index is 12.8. The van der Waals surface area contributed by atoms with Crippen LogP contribution in [0.2, 0.25) is 0 Å². The summed E-state index contributed by atoms with van der Waals surface area (Å²) < 4.78 is 28.6. The fourth-order valence-electron chi connectivity index (χ4n) is 3.23. The van der Waals surface area contributed by atoms with E-state index in [4.69, 9.17) is 0 Å². The number of hydrogen-bond donors (Lipinski definition) is 1. The van der Waals surface area contributed by atoms with Crippen molar-refractivity contribution < 1.29 is 8.42 Å². The predicted molar refractivity (Wildman–Crippen MR) is 98.4 cm³/mol. The van der Waals surface area contributed by atoms with Crippen LogP contribution in [0.1, 0.15) is 40.8 Å². The summed E-state index contributed by atoms with van der Waals surface area (Å²) >= 11 is 0. The molecule has 3 rings (SSSR count). The second kappa shape index (κ2) is 6.19. The fourth-order valence-corrected chi connectivity index (χ4v) is 4.53. The van der Waals surface area contributed by atoms with E-state index in [2.05, 4.69) is 35.9 Å². The lowest BCUT2D eigenvalue weighted by molar-refractivity contribution is 0.492. The van der Waals surface area contributed by atoms with Crippen molar-refractivity contribution in [3.8, 4) is 0 Å². The van der Waals surface area contributed by atoms with Crippen LogP contribution in [0.5, 0.6) is 0 Å². The fraction of sp³-hybridized carbons (Fsp3) is 0.300. The smallest absolute Gasteiger partial charge is 0.207 e. The van der Waals surface area contributed by atoms with Crippen molar-refractivity contribution in [2.24, 2.45) is 5.92 Å². The van der Waals surface area contributed by atoms with Crippen LogP contribution < -0.4 is 4.72 Å². The van der Waals surface area contributed by atoms with Gasteiger partial charge >= 0.3 is 0 Å². The summed E-state index contributed by atoms with van der Waals surface area (Å²) in [5.41, 5.74) is 5.53. The molecule has 0 radical (unpaired) electrons. The maximum atomic E-state index is 12.8. The van der Waals surface area contributed by atoms with Crippen molar-refractivity contribution in [2.45, 2.75) is 38.6 Å². The van der Waals surface area contributed by atoms with Crippen LogP contribution in [0.15, 0.2) is 47.4 Å². The number of nitrogens with one attached hydrogen (secondary N) is 1. The Labute approximate surface area is 144 Å². The van der Waals surface area contributed by atoms with Crippen LogP contribution in [0.4, 0.5) is 0 Å². The third-order valence-corrected chi connectivity index (χ3v) is 6.20. The predicted octanol–water partition coefficient (Wildman–Crippen LogP) is 4.29. The maximum Gasteiger partial charge on any atom is 0.241 e. The molecule has 0 aromatic heterocycles. The normalized spacial score (nSPS) is 20.0. The minimum absolute atomic E-state index is 0.0956. The van der Waals surface area contributed by atoms with E-state index in [1.54, 1.807) is 12.1 Å². The molecule has 0 amide bonds. The number of aryl methyl sites for hydroxylation is 3. The monoisotopic (exact) mass is 341 g/mol. The molecule has 2 aromatic carbocycles. The molecule has 0 unspecified atom stereocenters. The Morgan fingerprint density at radius 2 is 1.54 bits per heavy atom. The summed E-state index contributed by atoms with van der Waals surface area (Å²) in [6.45, 7) is 8.09. The average Bonchev–Trinajstić information content (AvgIpc) is 2.53. The standard InChI is InChI=1S/C20H23NO2S/c1-13-5-10-17(11-6-13)24(22,23)21-20-16(4)9-12-18-14(2)7-8-15(3)19(18)20/h5-12,16,20-21H,1-4H3/t16-,20-/m0/s1. The van der Waals surface area contributed by atoms with Gasteiger partial charge in [-0.3, -0.25) is 0 Å². The summed E-state index contributed by atoms with van der Waals surface area (Å²) in [7, 11) is -3.57. The van der Waals surface area contributed by atoms with Gasteiger partial charge in [0.15, 0.2) is 0 Å². The minimum Gasteiger partial charge on any atom is -0.207 e. The highest BCUT2D eigenvalue weighted by atomic mass is 32.2. The van der Waals surface area contributed by atoms with E-state index in [9.17, 15) is 8.42 Å². The highest BCUT2D eigenvalue weighted by molar-refractivity contribution is 7.89. The van der Waals surface area contributed by atoms with Crippen molar-refractivity contribution in [3.63, 3.8) is 0 Å². The van der Waals surface area contributed by atoms with Gasteiger partial charge in [-0.1, -0.05) is 48.9 Å². The Kier molecular flexibility index (Phi) is 4.37. The summed E-state index contributed by atoms with van der Waals surface area (Å²) in [4.78, 5) is 0.307. The summed E-state index contributed by atoms with van der Waals surface area (Å²) in [5, 5.41) is 0. The number of fused-ring (bicyclic) bond motifs is 1. The molecule has 0 saturated heterocycles. The molecule has 3 nitrogen and oxygen atoms in total. The third-order valence-electron chi connectivity index (χ3n) is 4.74. The van der Waals surface area contributed by atoms with Crippen LogP contribution in [0.3, 0.4) is 0 Å². The van der Waals surface area contributed by atoms with Crippen molar-refractivity contribution in [1.82, 2.24) is 4.72 Å². The van der Waals surface area contributed by atoms with Gasteiger partial charge < -0.3 is 0 Å². The number of benzene rings is 2. The molecular formula is C20H23NO2S. The Morgan fingerprint density at radius 1 is 0.917 bits per heavy atom. The highest BCUT2D eigenvalue weighted by Crippen LogP contribution is 2.36. The van der Waals surface area contributed by atoms with E-state index in [0.29, 0.717) is 4.90 Å². The third kappa shape index (κ3) is 3.04. The lowest BCUT2D eigenvalue weighted by Crippen LogP contribution is -2.34. The lowest BCUT2D eigenvalue weighted by atomic mass is 9.82. The van der Waals surface area contributed by atoms with Crippen LogP contribution in [0.25, 0.3) is 6.08 Å². The summed E-state index contributed by atoms with van der Waals surface area (Å²) in [6, 6.07) is 10.9. The Hall–Kier alpha value is -1.91. The van der Waals surface area contributed by atoms with Crippen molar-refractivity contribution in [3.05, 3.63) is 70.3 Å². The Bertz CT molecular complexity index is 896. The first-order valence-electron chi connectivity index (χ1n) is 8.17. The van der Waals surface area contributed by atoms with E-state index in [1.165, 1.54) is 5.56 Å². The molecular weight excluding hydrogens is 318 g/mol. The van der Waals surface area contributed by atoms with E-state index in [0.717, 1.165) is 22.3 Å². The van der Waals surface area contributed by atoms with Crippen LogP contribution in [-0.2, 0) is 10.0 Å². The molecule has 0 heterocycles. The first kappa shape index (κ1) is 16.9. The molecule has 4 heteroatoms. The number of sulfonamides is 1. The van der Waals surface area contributed by atoms with Gasteiger partial charge in [0.2, 0.25) is 10.0 Å². The van der Waals surface area contributed by atoms with Gasteiger partial charge in [-0.15, -0.1) is 0 Å². The van der Waals surface area contributed by atoms with Gasteiger partial charge in [0.25, 0.3) is 0 Å². The minimum atomic E-state index is -3.57. The molecule has 0 aliphatic heterocycles. The van der Waals surface area contributed by atoms with Gasteiger partial charge in [-0.05, 0) is 61.1 Å². The Morgan fingerprint density at radius 3 is 2.21 bits per heavy atom. The zero-order valence-electron chi connectivity index (χ0n) is 14.5. The molecule has 1 N–H and O–H groups in total. The quantitative estimate of drug-likeness (QED) is 0.905. The Balaban J connectivity index is 2.03. The zero-order valence-corrected chi connectivity index (χ0v) is 15.3. The topological polar surface area (TPSA) is 46.2 Å². The van der Waals surface area contributed by atoms with E-state index >= 15 is 0 Å². The molecule has 24 heavy (non-hydrogen) atoms. The van der Waals surface area contributed by atoms with Crippen molar-refractivity contribution in [2.75, 3.05) is 0 Å². The molecule has 0 bridgehead atoms. The van der Waals surface area contributed by atoms with E-state index in [-0.39, 0.29) is 12.0 Å². The van der Waals surface area contributed by atoms with Gasteiger partial charge in [0.1, 0.15) is 0 Å². The van der Waals surface area contributed by atoms with Crippen LogP contribution >= 0.6 is 0 Å². The van der Waals surface area contributed by atoms with Crippen LogP contribution in [0, 0.1) is 26.7 Å². The number of hydrogen-bond acceptors (Lipinski definition) is 2. The molecule has 1 aliphatic carbocycles. The summed E-state index contributed by atoms with van der Waals surface area (Å²) in [6.07, 6.45) is 4.19. The first-order chi connectivity index (χ1) is 11.3. The zero-order chi connectivity index (χ0) is 17.5. The highest BCUT2D eigenvalue weighted by Gasteiger charge is 2.30. The summed E-state index contributed by atoms with van der Waals surface area (Å²) in [5.74, 6) is 0.0956. The molecule has 126 valence electrons. The second-order valence-corrected chi connectivity index (χ2v) is 8.37. The van der Waals surface area contributed by atoms with Gasteiger partial charge in [-0.2, -0.15) is 0 Å². The number of rotatable bonds is 3. The molecule has 2 aromatic rings. The first-order valence-corrected chi connectivity index (χ1v) is 9.65. The molecule has 2 atom stereocenters. The molecule has 1 aliphatic rings. The van der Waals surface area contributed by atoms with Gasteiger partial charge in [0.05, 0.1) is 10.9 Å². The average molecular weight is 341 g/mol. The van der Waals surface area contributed by atoms with Crippen molar-refractivity contribution >= 4 is 16.1 Å². The largest absolute Gasteiger partial charge is 0.241 e. The van der Waals surface area contributed by atoms with E-state index in [1.807, 2.05) is 32.9 Å². The molecule has 0 saturated carbocycles.